The van der Waals surface area contributed by atoms with E-state index in [1.54, 1.807) is 18.5 Å². The summed E-state index contributed by atoms with van der Waals surface area (Å²) < 4.78 is 6.04. The fraction of sp³-hybridized carbons (Fsp3) is 0.227. The zero-order valence-corrected chi connectivity index (χ0v) is 16.5. The van der Waals surface area contributed by atoms with Gasteiger partial charge in [0, 0.05) is 18.0 Å². The third-order valence-corrected chi connectivity index (χ3v) is 5.15. The summed E-state index contributed by atoms with van der Waals surface area (Å²) >= 11 is 12.1. The molecule has 1 atom stereocenters. The van der Waals surface area contributed by atoms with E-state index < -0.39 is 0 Å². The van der Waals surface area contributed by atoms with E-state index in [2.05, 4.69) is 4.98 Å². The molecule has 0 amide bonds. The molecule has 3 aromatic rings. The molecule has 1 N–H and O–H groups in total. The van der Waals surface area contributed by atoms with Crippen molar-refractivity contribution in [3.05, 3.63) is 76.5 Å². The van der Waals surface area contributed by atoms with Crippen LogP contribution < -0.4 is 4.74 Å². The predicted molar refractivity (Wildman–Crippen MR) is 111 cm³/mol. The van der Waals surface area contributed by atoms with E-state index in [4.69, 9.17) is 27.9 Å². The minimum atomic E-state index is -0.302. The van der Waals surface area contributed by atoms with Gasteiger partial charge in [-0.3, -0.25) is 4.98 Å². The molecule has 1 heterocycles. The Morgan fingerprint density at radius 3 is 2.44 bits per heavy atom. The standard InChI is InChI=1S/C22H21Cl2NO2/c1-2-18(26)7-3-17-14-25-12-11-22(17)27-19-8-4-15(5-9-19)16-6-10-20(23)21(24)13-16/h4-6,8-14,18,26H,2-3,7H2,1H3. The molecule has 0 aliphatic rings. The molecule has 3 nitrogen and oxygen atoms in total. The van der Waals surface area contributed by atoms with Crippen molar-refractivity contribution in [2.75, 3.05) is 0 Å². The summed E-state index contributed by atoms with van der Waals surface area (Å²) in [4.78, 5) is 4.17. The summed E-state index contributed by atoms with van der Waals surface area (Å²) in [6.07, 6.45) is 5.35. The minimum absolute atomic E-state index is 0.302. The summed E-state index contributed by atoms with van der Waals surface area (Å²) in [6, 6.07) is 15.2. The van der Waals surface area contributed by atoms with E-state index in [-0.39, 0.29) is 6.10 Å². The summed E-state index contributed by atoms with van der Waals surface area (Å²) in [5, 5.41) is 10.9. The normalized spacial score (nSPS) is 12.0. The van der Waals surface area contributed by atoms with Gasteiger partial charge in [-0.2, -0.15) is 0 Å². The molecule has 140 valence electrons. The van der Waals surface area contributed by atoms with Crippen LogP contribution in [0.1, 0.15) is 25.3 Å². The van der Waals surface area contributed by atoms with Gasteiger partial charge < -0.3 is 9.84 Å². The van der Waals surface area contributed by atoms with Crippen molar-refractivity contribution in [3.63, 3.8) is 0 Å². The van der Waals surface area contributed by atoms with Crippen molar-refractivity contribution in [3.8, 4) is 22.6 Å². The summed E-state index contributed by atoms with van der Waals surface area (Å²) in [7, 11) is 0. The van der Waals surface area contributed by atoms with E-state index >= 15 is 0 Å². The number of aliphatic hydroxyl groups is 1. The Kier molecular flexibility index (Phi) is 6.73. The first-order valence-corrected chi connectivity index (χ1v) is 9.66. The van der Waals surface area contributed by atoms with Crippen LogP contribution in [0.25, 0.3) is 11.1 Å². The highest BCUT2D eigenvalue weighted by Crippen LogP contribution is 2.31. The molecular formula is C22H21Cl2NO2. The van der Waals surface area contributed by atoms with E-state index in [1.807, 2.05) is 49.4 Å². The molecule has 0 saturated carbocycles. The van der Waals surface area contributed by atoms with E-state index in [0.29, 0.717) is 16.5 Å². The number of benzene rings is 2. The predicted octanol–water partition coefficient (Wildman–Crippen LogP) is 6.55. The van der Waals surface area contributed by atoms with E-state index in [9.17, 15) is 5.11 Å². The second kappa shape index (κ2) is 9.23. The molecule has 27 heavy (non-hydrogen) atoms. The zero-order chi connectivity index (χ0) is 19.2. The van der Waals surface area contributed by atoms with Gasteiger partial charge in [-0.05, 0) is 60.7 Å². The number of halogens is 2. The second-order valence-electron chi connectivity index (χ2n) is 6.34. The molecule has 2 aromatic carbocycles. The van der Waals surface area contributed by atoms with Crippen LogP contribution in [0.4, 0.5) is 0 Å². The Labute approximate surface area is 169 Å². The van der Waals surface area contributed by atoms with Gasteiger partial charge in [-0.1, -0.05) is 48.3 Å². The van der Waals surface area contributed by atoms with Crippen LogP contribution in [0.5, 0.6) is 11.5 Å². The van der Waals surface area contributed by atoms with Crippen molar-refractivity contribution in [2.45, 2.75) is 32.3 Å². The van der Waals surface area contributed by atoms with Gasteiger partial charge in [-0.15, -0.1) is 0 Å². The highest BCUT2D eigenvalue weighted by molar-refractivity contribution is 6.42. The highest BCUT2D eigenvalue weighted by atomic mass is 35.5. The lowest BCUT2D eigenvalue weighted by atomic mass is 10.1. The van der Waals surface area contributed by atoms with Crippen molar-refractivity contribution in [1.82, 2.24) is 4.98 Å². The quantitative estimate of drug-likeness (QED) is 0.487. The fourth-order valence-corrected chi connectivity index (χ4v) is 3.04. The molecule has 5 heteroatoms. The van der Waals surface area contributed by atoms with Gasteiger partial charge in [0.15, 0.2) is 0 Å². The SMILES string of the molecule is CCC(O)CCc1cnccc1Oc1ccc(-c2ccc(Cl)c(Cl)c2)cc1. The number of ether oxygens (including phenoxy) is 1. The number of aromatic nitrogens is 1. The molecule has 1 aromatic heterocycles. The average Bonchev–Trinajstić information content (AvgIpc) is 2.70. The molecule has 0 spiro atoms. The first-order valence-electron chi connectivity index (χ1n) is 8.91. The number of hydrogen-bond acceptors (Lipinski definition) is 3. The summed E-state index contributed by atoms with van der Waals surface area (Å²) in [6.45, 7) is 1.97. The third-order valence-electron chi connectivity index (χ3n) is 4.41. The van der Waals surface area contributed by atoms with Gasteiger partial charge in [0.2, 0.25) is 0 Å². The largest absolute Gasteiger partial charge is 0.457 e. The Morgan fingerprint density at radius 2 is 1.74 bits per heavy atom. The third kappa shape index (κ3) is 5.23. The van der Waals surface area contributed by atoms with E-state index in [1.165, 1.54) is 0 Å². The van der Waals surface area contributed by atoms with Crippen LogP contribution in [0.3, 0.4) is 0 Å². The topological polar surface area (TPSA) is 42.4 Å². The number of aliphatic hydroxyl groups excluding tert-OH is 1. The number of hydrogen-bond donors (Lipinski definition) is 1. The van der Waals surface area contributed by atoms with Crippen LogP contribution in [0.15, 0.2) is 60.9 Å². The maximum atomic E-state index is 9.80. The van der Waals surface area contributed by atoms with Gasteiger partial charge >= 0.3 is 0 Å². The van der Waals surface area contributed by atoms with E-state index in [0.717, 1.165) is 41.0 Å². The van der Waals surface area contributed by atoms with Crippen LogP contribution in [-0.4, -0.2) is 16.2 Å². The average molecular weight is 402 g/mol. The Hall–Kier alpha value is -2.07. The van der Waals surface area contributed by atoms with Crippen LogP contribution in [0.2, 0.25) is 10.0 Å². The number of pyridine rings is 1. The lowest BCUT2D eigenvalue weighted by Gasteiger charge is -2.13. The second-order valence-corrected chi connectivity index (χ2v) is 7.15. The van der Waals surface area contributed by atoms with Crippen LogP contribution in [-0.2, 0) is 6.42 Å². The van der Waals surface area contributed by atoms with Crippen LogP contribution in [0, 0.1) is 0 Å². The molecular weight excluding hydrogens is 381 g/mol. The first-order chi connectivity index (χ1) is 13.1. The lowest BCUT2D eigenvalue weighted by Crippen LogP contribution is -2.06. The molecule has 0 fully saturated rings. The Balaban J connectivity index is 1.74. The van der Waals surface area contributed by atoms with Gasteiger partial charge in [0.25, 0.3) is 0 Å². The molecule has 0 radical (unpaired) electrons. The molecule has 0 saturated heterocycles. The smallest absolute Gasteiger partial charge is 0.133 e. The van der Waals surface area contributed by atoms with Crippen molar-refractivity contribution >= 4 is 23.2 Å². The van der Waals surface area contributed by atoms with Gasteiger partial charge in [-0.25, -0.2) is 0 Å². The minimum Gasteiger partial charge on any atom is -0.457 e. The van der Waals surface area contributed by atoms with Crippen molar-refractivity contribution in [1.29, 1.82) is 0 Å². The molecule has 3 rings (SSSR count). The maximum Gasteiger partial charge on any atom is 0.133 e. The van der Waals surface area contributed by atoms with Crippen LogP contribution >= 0.6 is 23.2 Å². The Morgan fingerprint density at radius 1 is 1.00 bits per heavy atom. The fourth-order valence-electron chi connectivity index (χ4n) is 2.75. The summed E-state index contributed by atoms with van der Waals surface area (Å²) in [5.41, 5.74) is 3.01. The number of rotatable bonds is 7. The highest BCUT2D eigenvalue weighted by Gasteiger charge is 2.09. The van der Waals surface area contributed by atoms with Crippen molar-refractivity contribution < 1.29 is 9.84 Å². The number of nitrogens with zero attached hydrogens (tertiary/aromatic N) is 1. The molecule has 0 bridgehead atoms. The lowest BCUT2D eigenvalue weighted by molar-refractivity contribution is 0.160. The Bertz CT molecular complexity index is 897. The van der Waals surface area contributed by atoms with Crippen molar-refractivity contribution in [2.24, 2.45) is 0 Å². The van der Waals surface area contributed by atoms with Gasteiger partial charge in [0.05, 0.1) is 16.1 Å². The monoisotopic (exact) mass is 401 g/mol. The van der Waals surface area contributed by atoms with Gasteiger partial charge in [0.1, 0.15) is 11.5 Å². The number of aryl methyl sites for hydroxylation is 1. The molecule has 0 aliphatic heterocycles. The first kappa shape index (κ1) is 19.7. The molecule has 0 aliphatic carbocycles. The zero-order valence-electron chi connectivity index (χ0n) is 15.0. The maximum absolute atomic E-state index is 9.80. The summed E-state index contributed by atoms with van der Waals surface area (Å²) in [5.74, 6) is 1.50. The molecule has 1 unspecified atom stereocenters.